The number of carbonyl (C=O) groups is 1. The standard InChI is InChI=1S/C17H26N2O2/c1-13-6-5-9-18-16(13)11-17(20)19(2)12-14-7-4-8-15(10-14)21-3/h4,7-8,10,13,16,18H,5-6,9,11-12H2,1-3H3. The Hall–Kier alpha value is -1.55. The summed E-state index contributed by atoms with van der Waals surface area (Å²) in [6.07, 6.45) is 3.01. The van der Waals surface area contributed by atoms with Gasteiger partial charge < -0.3 is 15.0 Å². The van der Waals surface area contributed by atoms with Crippen LogP contribution in [-0.2, 0) is 11.3 Å². The van der Waals surface area contributed by atoms with Gasteiger partial charge in [-0.05, 0) is 43.0 Å². The molecule has 2 unspecified atom stereocenters. The quantitative estimate of drug-likeness (QED) is 0.905. The van der Waals surface area contributed by atoms with Crippen LogP contribution in [0.5, 0.6) is 5.75 Å². The largest absolute Gasteiger partial charge is 0.497 e. The molecule has 2 atom stereocenters. The molecule has 1 aliphatic rings. The SMILES string of the molecule is COc1cccc(CN(C)C(=O)CC2NCCCC2C)c1. The van der Waals surface area contributed by atoms with E-state index in [2.05, 4.69) is 12.2 Å². The fourth-order valence-electron chi connectivity index (χ4n) is 2.86. The Morgan fingerprint density at radius 3 is 3.00 bits per heavy atom. The zero-order valence-electron chi connectivity index (χ0n) is 13.3. The van der Waals surface area contributed by atoms with E-state index in [1.807, 2.05) is 31.3 Å². The van der Waals surface area contributed by atoms with Gasteiger partial charge in [-0.25, -0.2) is 0 Å². The van der Waals surface area contributed by atoms with Crippen LogP contribution in [0.3, 0.4) is 0 Å². The van der Waals surface area contributed by atoms with Crippen molar-refractivity contribution in [1.82, 2.24) is 10.2 Å². The van der Waals surface area contributed by atoms with E-state index in [1.165, 1.54) is 12.8 Å². The first kappa shape index (κ1) is 15.8. The summed E-state index contributed by atoms with van der Waals surface area (Å²) in [5.41, 5.74) is 1.09. The molecule has 4 heteroatoms. The van der Waals surface area contributed by atoms with E-state index in [9.17, 15) is 4.79 Å². The lowest BCUT2D eigenvalue weighted by atomic mass is 9.90. The number of hydrogen-bond donors (Lipinski definition) is 1. The second-order valence-electron chi connectivity index (χ2n) is 5.99. The highest BCUT2D eigenvalue weighted by Crippen LogP contribution is 2.19. The van der Waals surface area contributed by atoms with Gasteiger partial charge in [0.15, 0.2) is 0 Å². The maximum Gasteiger partial charge on any atom is 0.224 e. The fraction of sp³-hybridized carbons (Fsp3) is 0.588. The predicted octanol–water partition coefficient (Wildman–Crippen LogP) is 2.43. The van der Waals surface area contributed by atoms with E-state index in [0.717, 1.165) is 17.9 Å². The molecule has 0 spiro atoms. The first-order valence-corrected chi connectivity index (χ1v) is 7.70. The Kier molecular flexibility index (Phi) is 5.62. The first-order chi connectivity index (χ1) is 10.1. The molecule has 1 amide bonds. The van der Waals surface area contributed by atoms with E-state index in [4.69, 9.17) is 4.74 Å². The molecule has 0 radical (unpaired) electrons. The topological polar surface area (TPSA) is 41.6 Å². The summed E-state index contributed by atoms with van der Waals surface area (Å²) in [5.74, 6) is 1.60. The molecule has 0 saturated carbocycles. The number of hydrogen-bond acceptors (Lipinski definition) is 3. The molecular weight excluding hydrogens is 264 g/mol. The van der Waals surface area contributed by atoms with Gasteiger partial charge in [0, 0.05) is 26.1 Å². The number of ether oxygens (including phenoxy) is 1. The molecule has 0 bridgehead atoms. The van der Waals surface area contributed by atoms with Crippen molar-refractivity contribution < 1.29 is 9.53 Å². The fourth-order valence-corrected chi connectivity index (χ4v) is 2.86. The Morgan fingerprint density at radius 1 is 1.48 bits per heavy atom. The minimum atomic E-state index is 0.198. The number of nitrogens with one attached hydrogen (secondary N) is 1. The van der Waals surface area contributed by atoms with Crippen LogP contribution in [0.1, 0.15) is 31.7 Å². The second-order valence-corrected chi connectivity index (χ2v) is 5.99. The molecule has 1 N–H and O–H groups in total. The van der Waals surface area contributed by atoms with Crippen molar-refractivity contribution in [2.75, 3.05) is 20.7 Å². The predicted molar refractivity (Wildman–Crippen MR) is 84.3 cm³/mol. The lowest BCUT2D eigenvalue weighted by Crippen LogP contribution is -2.43. The maximum atomic E-state index is 12.4. The van der Waals surface area contributed by atoms with Crippen molar-refractivity contribution in [2.45, 2.75) is 38.8 Å². The highest BCUT2D eigenvalue weighted by molar-refractivity contribution is 5.76. The van der Waals surface area contributed by atoms with Gasteiger partial charge in [-0.1, -0.05) is 19.1 Å². The van der Waals surface area contributed by atoms with Crippen LogP contribution in [-0.4, -0.2) is 37.6 Å². The third kappa shape index (κ3) is 4.46. The summed E-state index contributed by atoms with van der Waals surface area (Å²) < 4.78 is 5.22. The van der Waals surface area contributed by atoms with Gasteiger partial charge >= 0.3 is 0 Å². The number of amides is 1. The van der Waals surface area contributed by atoms with Crippen molar-refractivity contribution in [3.05, 3.63) is 29.8 Å². The van der Waals surface area contributed by atoms with Gasteiger partial charge in [0.25, 0.3) is 0 Å². The van der Waals surface area contributed by atoms with E-state index < -0.39 is 0 Å². The second kappa shape index (κ2) is 7.46. The molecule has 2 rings (SSSR count). The average Bonchev–Trinajstić information content (AvgIpc) is 2.49. The van der Waals surface area contributed by atoms with Crippen LogP contribution in [0.25, 0.3) is 0 Å². The number of rotatable bonds is 5. The van der Waals surface area contributed by atoms with Gasteiger partial charge in [0.2, 0.25) is 5.91 Å². The van der Waals surface area contributed by atoms with Gasteiger partial charge in [-0.3, -0.25) is 4.79 Å². The molecule has 4 nitrogen and oxygen atoms in total. The third-order valence-electron chi connectivity index (χ3n) is 4.30. The molecule has 1 aromatic rings. The van der Waals surface area contributed by atoms with E-state index >= 15 is 0 Å². The van der Waals surface area contributed by atoms with Crippen LogP contribution in [0.4, 0.5) is 0 Å². The lowest BCUT2D eigenvalue weighted by Gasteiger charge is -2.31. The van der Waals surface area contributed by atoms with Gasteiger partial charge in [0.05, 0.1) is 7.11 Å². The Bertz CT molecular complexity index is 476. The average molecular weight is 290 g/mol. The van der Waals surface area contributed by atoms with Crippen molar-refractivity contribution in [1.29, 1.82) is 0 Å². The van der Waals surface area contributed by atoms with Crippen LogP contribution in [0.15, 0.2) is 24.3 Å². The molecule has 1 aromatic carbocycles. The summed E-state index contributed by atoms with van der Waals surface area (Å²) in [7, 11) is 3.53. The van der Waals surface area contributed by atoms with E-state index in [0.29, 0.717) is 24.9 Å². The van der Waals surface area contributed by atoms with Crippen LogP contribution in [0.2, 0.25) is 0 Å². The molecule has 0 aromatic heterocycles. The molecular formula is C17H26N2O2. The summed E-state index contributed by atoms with van der Waals surface area (Å²) in [6.45, 7) is 3.88. The Balaban J connectivity index is 1.89. The first-order valence-electron chi connectivity index (χ1n) is 7.70. The van der Waals surface area contributed by atoms with Crippen molar-refractivity contribution in [2.24, 2.45) is 5.92 Å². The number of methoxy groups -OCH3 is 1. The minimum Gasteiger partial charge on any atom is -0.497 e. The van der Waals surface area contributed by atoms with Crippen LogP contribution < -0.4 is 10.1 Å². The molecule has 1 fully saturated rings. The summed E-state index contributed by atoms with van der Waals surface area (Å²) in [5, 5.41) is 3.47. The maximum absolute atomic E-state index is 12.4. The minimum absolute atomic E-state index is 0.198. The molecule has 21 heavy (non-hydrogen) atoms. The molecule has 1 aliphatic heterocycles. The zero-order chi connectivity index (χ0) is 15.2. The van der Waals surface area contributed by atoms with Crippen LogP contribution >= 0.6 is 0 Å². The number of nitrogens with zero attached hydrogens (tertiary/aromatic N) is 1. The number of piperidine rings is 1. The summed E-state index contributed by atoms with van der Waals surface area (Å²) >= 11 is 0. The van der Waals surface area contributed by atoms with Crippen molar-refractivity contribution in [3.8, 4) is 5.75 Å². The smallest absolute Gasteiger partial charge is 0.224 e. The van der Waals surface area contributed by atoms with E-state index in [-0.39, 0.29) is 5.91 Å². The van der Waals surface area contributed by atoms with Crippen LogP contribution in [0, 0.1) is 5.92 Å². The third-order valence-corrected chi connectivity index (χ3v) is 4.30. The Labute approximate surface area is 127 Å². The van der Waals surface area contributed by atoms with Crippen molar-refractivity contribution >= 4 is 5.91 Å². The zero-order valence-corrected chi connectivity index (χ0v) is 13.3. The monoisotopic (exact) mass is 290 g/mol. The van der Waals surface area contributed by atoms with Crippen molar-refractivity contribution in [3.63, 3.8) is 0 Å². The van der Waals surface area contributed by atoms with Gasteiger partial charge in [-0.15, -0.1) is 0 Å². The lowest BCUT2D eigenvalue weighted by molar-refractivity contribution is -0.131. The summed E-state index contributed by atoms with van der Waals surface area (Å²) in [6, 6.07) is 8.19. The Morgan fingerprint density at radius 2 is 2.29 bits per heavy atom. The molecule has 1 heterocycles. The normalized spacial score (nSPS) is 21.9. The molecule has 1 saturated heterocycles. The number of carbonyl (C=O) groups excluding carboxylic acids is 1. The highest BCUT2D eigenvalue weighted by Gasteiger charge is 2.24. The highest BCUT2D eigenvalue weighted by atomic mass is 16.5. The molecule has 0 aliphatic carbocycles. The number of benzene rings is 1. The van der Waals surface area contributed by atoms with E-state index in [1.54, 1.807) is 12.0 Å². The van der Waals surface area contributed by atoms with Gasteiger partial charge in [0.1, 0.15) is 5.75 Å². The summed E-state index contributed by atoms with van der Waals surface area (Å²) in [4.78, 5) is 14.2. The van der Waals surface area contributed by atoms with Gasteiger partial charge in [-0.2, -0.15) is 0 Å². The molecule has 116 valence electrons.